The van der Waals surface area contributed by atoms with Crippen LogP contribution in [-0.4, -0.2) is 21.0 Å². The molecule has 0 aliphatic heterocycles. The molecule has 4 rings (SSSR count). The van der Waals surface area contributed by atoms with Gasteiger partial charge in [0.15, 0.2) is 5.82 Å². The average molecular weight is 414 g/mol. The van der Waals surface area contributed by atoms with Gasteiger partial charge in [-0.1, -0.05) is 31.1 Å². The van der Waals surface area contributed by atoms with Crippen LogP contribution in [0.5, 0.6) is 11.5 Å². The third-order valence-corrected chi connectivity index (χ3v) is 4.69. The number of carbonyl (C=O) groups is 1. The average Bonchev–Trinajstić information content (AvgIpc) is 3.27. The van der Waals surface area contributed by atoms with E-state index in [-0.39, 0.29) is 11.8 Å². The first-order valence-corrected chi connectivity index (χ1v) is 9.94. The van der Waals surface area contributed by atoms with Crippen molar-refractivity contribution in [3.63, 3.8) is 0 Å². The number of rotatable bonds is 6. The van der Waals surface area contributed by atoms with Gasteiger partial charge in [-0.3, -0.25) is 9.78 Å². The van der Waals surface area contributed by atoms with Crippen molar-refractivity contribution in [3.05, 3.63) is 83.9 Å². The molecule has 7 nitrogen and oxygen atoms in total. The molecule has 2 aromatic heterocycles. The van der Waals surface area contributed by atoms with E-state index in [1.54, 1.807) is 42.7 Å². The highest BCUT2D eigenvalue weighted by Gasteiger charge is 2.18. The summed E-state index contributed by atoms with van der Waals surface area (Å²) in [6.07, 6.45) is 3.31. The molecular weight excluding hydrogens is 392 g/mol. The highest BCUT2D eigenvalue weighted by molar-refractivity contribution is 6.06. The number of nitrogens with one attached hydrogen (secondary N) is 1. The Hall–Kier alpha value is -4.00. The topological polar surface area (TPSA) is 90.1 Å². The van der Waals surface area contributed by atoms with Crippen molar-refractivity contribution in [2.45, 2.75) is 26.7 Å². The van der Waals surface area contributed by atoms with Crippen LogP contribution in [0.4, 0.5) is 5.69 Å². The fraction of sp³-hybridized carbons (Fsp3) is 0.167. The summed E-state index contributed by atoms with van der Waals surface area (Å²) in [7, 11) is 0. The Morgan fingerprint density at radius 2 is 1.84 bits per heavy atom. The normalized spacial score (nSPS) is 10.8. The molecule has 0 spiro atoms. The van der Waals surface area contributed by atoms with Crippen molar-refractivity contribution in [1.82, 2.24) is 15.1 Å². The number of aryl methyl sites for hydroxylation is 1. The lowest BCUT2D eigenvalue weighted by Crippen LogP contribution is -2.13. The predicted octanol–water partition coefficient (Wildman–Crippen LogP) is 5.61. The summed E-state index contributed by atoms with van der Waals surface area (Å²) < 4.78 is 11.2. The Kier molecular flexibility index (Phi) is 5.75. The minimum Gasteiger partial charge on any atom is -0.456 e. The lowest BCUT2D eigenvalue weighted by Gasteiger charge is -2.12. The van der Waals surface area contributed by atoms with Gasteiger partial charge in [0.2, 0.25) is 0 Å². The SMILES string of the molecule is Cc1cccc(-c2nc(C(C)C)no2)c1NC(=O)c1ccc(Oc2cccnc2)cc1. The van der Waals surface area contributed by atoms with E-state index in [1.807, 2.05) is 45.0 Å². The molecule has 0 fully saturated rings. The minimum absolute atomic E-state index is 0.146. The highest BCUT2D eigenvalue weighted by atomic mass is 16.5. The molecule has 1 N–H and O–H groups in total. The highest BCUT2D eigenvalue weighted by Crippen LogP contribution is 2.31. The molecule has 31 heavy (non-hydrogen) atoms. The van der Waals surface area contributed by atoms with Gasteiger partial charge in [-0.15, -0.1) is 0 Å². The summed E-state index contributed by atoms with van der Waals surface area (Å²) in [5.74, 6) is 2.15. The van der Waals surface area contributed by atoms with E-state index < -0.39 is 0 Å². The molecule has 156 valence electrons. The van der Waals surface area contributed by atoms with Gasteiger partial charge >= 0.3 is 0 Å². The maximum Gasteiger partial charge on any atom is 0.260 e. The molecule has 2 aromatic carbocycles. The van der Waals surface area contributed by atoms with Gasteiger partial charge in [-0.2, -0.15) is 4.98 Å². The van der Waals surface area contributed by atoms with Crippen molar-refractivity contribution >= 4 is 11.6 Å². The van der Waals surface area contributed by atoms with Crippen LogP contribution < -0.4 is 10.1 Å². The maximum absolute atomic E-state index is 12.9. The van der Waals surface area contributed by atoms with Gasteiger partial charge in [-0.05, 0) is 55.0 Å². The molecule has 0 aliphatic carbocycles. The molecule has 0 saturated heterocycles. The molecule has 0 aliphatic rings. The van der Waals surface area contributed by atoms with E-state index >= 15 is 0 Å². The third kappa shape index (κ3) is 4.61. The summed E-state index contributed by atoms with van der Waals surface area (Å²) in [5, 5.41) is 7.01. The van der Waals surface area contributed by atoms with Gasteiger partial charge in [-0.25, -0.2) is 0 Å². The lowest BCUT2D eigenvalue weighted by atomic mass is 10.1. The first-order chi connectivity index (χ1) is 15.0. The van der Waals surface area contributed by atoms with E-state index in [9.17, 15) is 4.79 Å². The van der Waals surface area contributed by atoms with Crippen LogP contribution in [0.25, 0.3) is 11.5 Å². The van der Waals surface area contributed by atoms with Crippen LogP contribution in [0.15, 0.2) is 71.5 Å². The van der Waals surface area contributed by atoms with Gasteiger partial charge in [0.05, 0.1) is 17.4 Å². The standard InChI is InChI=1S/C24H22N4O3/c1-15(2)22-27-24(31-28-22)20-8-4-6-16(3)21(20)26-23(29)17-9-11-18(12-10-17)30-19-7-5-13-25-14-19/h4-15H,1-3H3,(H,26,29). The number of anilines is 1. The van der Waals surface area contributed by atoms with Gasteiger partial charge < -0.3 is 14.6 Å². The zero-order chi connectivity index (χ0) is 21.8. The zero-order valence-corrected chi connectivity index (χ0v) is 17.5. The number of amides is 1. The molecule has 4 aromatic rings. The number of aromatic nitrogens is 3. The minimum atomic E-state index is -0.243. The zero-order valence-electron chi connectivity index (χ0n) is 17.5. The fourth-order valence-electron chi connectivity index (χ4n) is 2.99. The number of benzene rings is 2. The van der Waals surface area contributed by atoms with Crippen molar-refractivity contribution in [3.8, 4) is 23.0 Å². The van der Waals surface area contributed by atoms with Crippen LogP contribution in [-0.2, 0) is 0 Å². The Bertz CT molecular complexity index is 1190. The van der Waals surface area contributed by atoms with E-state index in [1.165, 1.54) is 0 Å². The predicted molar refractivity (Wildman–Crippen MR) is 117 cm³/mol. The van der Waals surface area contributed by atoms with Crippen LogP contribution >= 0.6 is 0 Å². The second kappa shape index (κ2) is 8.79. The van der Waals surface area contributed by atoms with Gasteiger partial charge in [0.25, 0.3) is 11.8 Å². The summed E-state index contributed by atoms with van der Waals surface area (Å²) in [6, 6.07) is 16.2. The number of nitrogens with zero attached hydrogens (tertiary/aromatic N) is 3. The first-order valence-electron chi connectivity index (χ1n) is 9.94. The number of hydrogen-bond acceptors (Lipinski definition) is 6. The van der Waals surface area contributed by atoms with Crippen LogP contribution in [0, 0.1) is 6.92 Å². The van der Waals surface area contributed by atoms with Gasteiger partial charge in [0.1, 0.15) is 11.5 Å². The fourth-order valence-corrected chi connectivity index (χ4v) is 2.99. The van der Waals surface area contributed by atoms with Crippen molar-refractivity contribution < 1.29 is 14.1 Å². The van der Waals surface area contributed by atoms with Gasteiger partial charge in [0, 0.05) is 17.7 Å². The molecule has 0 radical (unpaired) electrons. The number of para-hydroxylation sites is 1. The smallest absolute Gasteiger partial charge is 0.260 e. The molecule has 0 unspecified atom stereocenters. The monoisotopic (exact) mass is 414 g/mol. The van der Waals surface area contributed by atoms with E-state index in [0.29, 0.717) is 40.0 Å². The Balaban J connectivity index is 1.54. The first kappa shape index (κ1) is 20.3. The quantitative estimate of drug-likeness (QED) is 0.441. The Labute approximate surface area is 180 Å². The molecular formula is C24H22N4O3. The number of ether oxygens (including phenoxy) is 1. The summed E-state index contributed by atoms with van der Waals surface area (Å²) in [4.78, 5) is 21.4. The Morgan fingerprint density at radius 3 is 2.52 bits per heavy atom. The summed E-state index contributed by atoms with van der Waals surface area (Å²) in [5.41, 5.74) is 2.72. The molecule has 2 heterocycles. The van der Waals surface area contributed by atoms with Crippen molar-refractivity contribution in [1.29, 1.82) is 0 Å². The third-order valence-electron chi connectivity index (χ3n) is 4.69. The molecule has 0 saturated carbocycles. The van der Waals surface area contributed by atoms with Crippen LogP contribution in [0.2, 0.25) is 0 Å². The molecule has 0 atom stereocenters. The van der Waals surface area contributed by atoms with E-state index in [4.69, 9.17) is 9.26 Å². The molecule has 1 amide bonds. The molecule has 0 bridgehead atoms. The summed E-state index contributed by atoms with van der Waals surface area (Å²) >= 11 is 0. The second-order valence-corrected chi connectivity index (χ2v) is 7.38. The van der Waals surface area contributed by atoms with Crippen molar-refractivity contribution in [2.75, 3.05) is 5.32 Å². The largest absolute Gasteiger partial charge is 0.456 e. The molecule has 7 heteroatoms. The van der Waals surface area contributed by atoms with Crippen LogP contribution in [0.3, 0.4) is 0 Å². The second-order valence-electron chi connectivity index (χ2n) is 7.38. The summed E-state index contributed by atoms with van der Waals surface area (Å²) in [6.45, 7) is 5.91. The van der Waals surface area contributed by atoms with E-state index in [0.717, 1.165) is 5.56 Å². The lowest BCUT2D eigenvalue weighted by molar-refractivity contribution is 0.102. The Morgan fingerprint density at radius 1 is 1.03 bits per heavy atom. The van der Waals surface area contributed by atoms with Crippen LogP contribution in [0.1, 0.15) is 41.5 Å². The van der Waals surface area contributed by atoms with Crippen molar-refractivity contribution in [2.24, 2.45) is 0 Å². The number of pyridine rings is 1. The maximum atomic E-state index is 12.9. The van der Waals surface area contributed by atoms with E-state index in [2.05, 4.69) is 20.4 Å². The number of carbonyl (C=O) groups excluding carboxylic acids is 1. The number of hydrogen-bond donors (Lipinski definition) is 1.